The van der Waals surface area contributed by atoms with Gasteiger partial charge in [0.25, 0.3) is 0 Å². The molecule has 0 saturated heterocycles. The first-order valence-corrected chi connectivity index (χ1v) is 4.18. The molecule has 0 fully saturated rings. The largest absolute Gasteiger partial charge is 0.150 e. The lowest BCUT2D eigenvalue weighted by Gasteiger charge is -1.96. The molecule has 0 aromatic heterocycles. The average molecular weight is 169 g/mol. The van der Waals surface area contributed by atoms with Gasteiger partial charge in [0.1, 0.15) is 0 Å². The van der Waals surface area contributed by atoms with Crippen molar-refractivity contribution in [1.82, 2.24) is 0 Å². The molecule has 0 heterocycles. The third kappa shape index (κ3) is 3.04. The number of thioether (sulfide) groups is 1. The summed E-state index contributed by atoms with van der Waals surface area (Å²) >= 11 is 5.28. The van der Waals surface area contributed by atoms with Gasteiger partial charge in [-0.2, -0.15) is 11.8 Å². The maximum absolute atomic E-state index is 3.44. The molecule has 0 aromatic rings. The zero-order valence-electron chi connectivity index (χ0n) is 4.07. The molecule has 0 bridgehead atoms. The number of hydrogen-bond acceptors (Lipinski definition) is 1. The molecule has 2 heteroatoms. The minimum absolute atomic E-state index is 0.664. The first-order valence-electron chi connectivity index (χ1n) is 1.98. The molecule has 0 amide bonds. The molecule has 0 aliphatic heterocycles. The molecule has 0 aliphatic carbocycles. The highest BCUT2D eigenvalue weighted by atomic mass is 79.9. The van der Waals surface area contributed by atoms with E-state index in [1.807, 2.05) is 11.8 Å². The molecule has 1 atom stereocenters. The Balaban J connectivity index is 2.75. The summed E-state index contributed by atoms with van der Waals surface area (Å²) in [6.07, 6.45) is 3.31. The second-order valence-corrected chi connectivity index (χ2v) is 3.81. The monoisotopic (exact) mass is 168 g/mol. The molecule has 38 valence electrons. The quantitative estimate of drug-likeness (QED) is 0.572. The fraction of sp³-hybridized carbons (Fsp3) is 1.00. The minimum Gasteiger partial charge on any atom is -0.150 e. The lowest BCUT2D eigenvalue weighted by Crippen LogP contribution is -1.81. The van der Waals surface area contributed by atoms with Crippen LogP contribution < -0.4 is 0 Å². The van der Waals surface area contributed by atoms with Crippen molar-refractivity contribution in [2.45, 2.75) is 17.5 Å². The minimum atomic E-state index is 0.664. The van der Waals surface area contributed by atoms with Crippen LogP contribution in [-0.2, 0) is 0 Å². The Bertz CT molecular complexity index is 26.7. The summed E-state index contributed by atoms with van der Waals surface area (Å²) in [5, 5.41) is 0. The Morgan fingerprint density at radius 1 is 1.83 bits per heavy atom. The highest BCUT2D eigenvalue weighted by Gasteiger charge is 1.91. The molecule has 1 unspecified atom stereocenters. The van der Waals surface area contributed by atoms with Gasteiger partial charge >= 0.3 is 0 Å². The summed E-state index contributed by atoms with van der Waals surface area (Å²) < 4.78 is 0.664. The predicted molar refractivity (Wildman–Crippen MR) is 36.5 cm³/mol. The number of halogens is 1. The Morgan fingerprint density at radius 3 is 2.33 bits per heavy atom. The van der Waals surface area contributed by atoms with Crippen molar-refractivity contribution in [2.75, 3.05) is 6.26 Å². The number of rotatable bonds is 2. The van der Waals surface area contributed by atoms with E-state index in [1.54, 1.807) is 0 Å². The van der Waals surface area contributed by atoms with E-state index in [2.05, 4.69) is 29.1 Å². The second kappa shape index (κ2) is 4.00. The van der Waals surface area contributed by atoms with Gasteiger partial charge in [0.2, 0.25) is 0 Å². The Morgan fingerprint density at radius 2 is 2.33 bits per heavy atom. The van der Waals surface area contributed by atoms with Crippen molar-refractivity contribution in [3.05, 3.63) is 0 Å². The molecule has 0 radical (unpaired) electrons. The topological polar surface area (TPSA) is 0 Å². The van der Waals surface area contributed by atoms with Crippen LogP contribution in [0.1, 0.15) is 13.3 Å². The fourth-order valence-electron chi connectivity index (χ4n) is 0.167. The van der Waals surface area contributed by atoms with Gasteiger partial charge in [0.15, 0.2) is 0 Å². The highest BCUT2D eigenvalue weighted by Crippen LogP contribution is 2.15. The van der Waals surface area contributed by atoms with Crippen LogP contribution >= 0.6 is 27.7 Å². The van der Waals surface area contributed by atoms with Crippen LogP contribution in [0.15, 0.2) is 0 Å². The van der Waals surface area contributed by atoms with Gasteiger partial charge in [-0.15, -0.1) is 0 Å². The van der Waals surface area contributed by atoms with E-state index in [0.29, 0.717) is 4.16 Å². The molecule has 0 rings (SSSR count). The lowest BCUT2D eigenvalue weighted by atomic mass is 10.6. The van der Waals surface area contributed by atoms with Crippen molar-refractivity contribution in [1.29, 1.82) is 0 Å². The summed E-state index contributed by atoms with van der Waals surface area (Å²) in [6.45, 7) is 2.16. The molecule has 0 aliphatic rings. The van der Waals surface area contributed by atoms with Crippen LogP contribution in [0, 0.1) is 0 Å². The third-order valence-electron chi connectivity index (χ3n) is 0.577. The Hall–Kier alpha value is 0.830. The van der Waals surface area contributed by atoms with Crippen LogP contribution in [0.2, 0.25) is 0 Å². The van der Waals surface area contributed by atoms with Gasteiger partial charge in [0, 0.05) is 0 Å². The first kappa shape index (κ1) is 6.83. The normalized spacial score (nSPS) is 14.5. The van der Waals surface area contributed by atoms with E-state index >= 15 is 0 Å². The fourth-order valence-corrected chi connectivity index (χ4v) is 0.500. The summed E-state index contributed by atoms with van der Waals surface area (Å²) in [5.74, 6) is 0. The number of hydrogen-bond donors (Lipinski definition) is 0. The average Bonchev–Trinajstić information content (AvgIpc) is 1.65. The molecular weight excluding hydrogens is 160 g/mol. The van der Waals surface area contributed by atoms with Crippen molar-refractivity contribution >= 4 is 27.7 Å². The molecule has 0 N–H and O–H groups in total. The van der Waals surface area contributed by atoms with Crippen LogP contribution in [0.5, 0.6) is 0 Å². The van der Waals surface area contributed by atoms with Crippen molar-refractivity contribution in [3.8, 4) is 0 Å². The van der Waals surface area contributed by atoms with E-state index in [4.69, 9.17) is 0 Å². The number of alkyl halides is 1. The van der Waals surface area contributed by atoms with Gasteiger partial charge < -0.3 is 0 Å². The van der Waals surface area contributed by atoms with Crippen molar-refractivity contribution in [3.63, 3.8) is 0 Å². The van der Waals surface area contributed by atoms with E-state index in [-0.39, 0.29) is 0 Å². The lowest BCUT2D eigenvalue weighted by molar-refractivity contribution is 1.07. The van der Waals surface area contributed by atoms with E-state index in [9.17, 15) is 0 Å². The summed E-state index contributed by atoms with van der Waals surface area (Å²) in [6, 6.07) is 0. The van der Waals surface area contributed by atoms with Gasteiger partial charge in [-0.25, -0.2) is 0 Å². The maximum Gasteiger partial charge on any atom is 0.0594 e. The standard InChI is InChI=1S/C4H9BrS/c1-3-4(5)6-2/h4H,3H2,1-2H3. The molecule has 0 saturated carbocycles. The zero-order valence-corrected chi connectivity index (χ0v) is 6.47. The van der Waals surface area contributed by atoms with Crippen LogP contribution in [0.4, 0.5) is 0 Å². The molecular formula is C4H9BrS. The van der Waals surface area contributed by atoms with Crippen LogP contribution in [-0.4, -0.2) is 10.4 Å². The van der Waals surface area contributed by atoms with E-state index in [0.717, 1.165) is 0 Å². The summed E-state index contributed by atoms with van der Waals surface area (Å²) in [5.41, 5.74) is 0. The predicted octanol–water partition coefficient (Wildman–Crippen LogP) is 2.48. The molecule has 0 aromatic carbocycles. The van der Waals surface area contributed by atoms with E-state index < -0.39 is 0 Å². The maximum atomic E-state index is 3.44. The van der Waals surface area contributed by atoms with Gasteiger partial charge in [-0.05, 0) is 12.7 Å². The molecule has 0 spiro atoms. The van der Waals surface area contributed by atoms with E-state index in [1.165, 1.54) is 6.42 Å². The van der Waals surface area contributed by atoms with Crippen LogP contribution in [0.25, 0.3) is 0 Å². The van der Waals surface area contributed by atoms with Crippen molar-refractivity contribution < 1.29 is 0 Å². The van der Waals surface area contributed by atoms with Gasteiger partial charge in [-0.1, -0.05) is 22.9 Å². The highest BCUT2D eigenvalue weighted by molar-refractivity contribution is 9.11. The third-order valence-corrected chi connectivity index (χ3v) is 3.19. The second-order valence-electron chi connectivity index (χ2n) is 1.05. The Kier molecular flexibility index (Phi) is 4.56. The van der Waals surface area contributed by atoms with Crippen LogP contribution in [0.3, 0.4) is 0 Å². The first-order chi connectivity index (χ1) is 2.81. The summed E-state index contributed by atoms with van der Waals surface area (Å²) in [4.78, 5) is 0. The zero-order chi connectivity index (χ0) is 4.99. The van der Waals surface area contributed by atoms with Gasteiger partial charge in [-0.3, -0.25) is 0 Å². The van der Waals surface area contributed by atoms with Gasteiger partial charge in [0.05, 0.1) is 4.16 Å². The molecule has 0 nitrogen and oxygen atoms in total. The summed E-state index contributed by atoms with van der Waals surface area (Å²) in [7, 11) is 0. The SMILES string of the molecule is CCC(Br)SC. The smallest absolute Gasteiger partial charge is 0.0594 e. The Labute approximate surface area is 51.8 Å². The van der Waals surface area contributed by atoms with Crippen molar-refractivity contribution in [2.24, 2.45) is 0 Å². The molecule has 6 heavy (non-hydrogen) atoms.